The number of fused-ring (bicyclic) bond motifs is 1. The molecular formula is C33H33N3O4S2. The summed E-state index contributed by atoms with van der Waals surface area (Å²) in [6, 6.07) is 36.9. The fraction of sp³-hybridized carbons (Fsp3) is 0.212. The quantitative estimate of drug-likeness (QED) is 0.112. The standard InChI is InChI=1S/C33H33N3O4S2/c37-32(38)24-36-30-20-11-10-19-29(30)35-33(36)41-22-12-21-34-42(39,40)31(27-17-8-3-9-18-27)23-28(25-13-4-1-5-14-25)26-15-6-2-7-16-26/h1-11,13-20,28,31,34H,12,21-24H2,(H,37,38). The van der Waals surface area contributed by atoms with Crippen LogP contribution in [0.15, 0.2) is 120 Å². The Kier molecular flexibility index (Phi) is 9.74. The van der Waals surface area contributed by atoms with Gasteiger partial charge in [-0.15, -0.1) is 0 Å². The van der Waals surface area contributed by atoms with Gasteiger partial charge in [-0.05, 0) is 41.7 Å². The van der Waals surface area contributed by atoms with Crippen molar-refractivity contribution in [3.05, 3.63) is 132 Å². The number of nitrogens with zero attached hydrogens (tertiary/aromatic N) is 2. The molecule has 0 aliphatic carbocycles. The predicted molar refractivity (Wildman–Crippen MR) is 168 cm³/mol. The van der Waals surface area contributed by atoms with Crippen LogP contribution in [0, 0.1) is 0 Å². The monoisotopic (exact) mass is 599 g/mol. The number of para-hydroxylation sites is 2. The summed E-state index contributed by atoms with van der Waals surface area (Å²) in [7, 11) is -3.73. The van der Waals surface area contributed by atoms with Gasteiger partial charge >= 0.3 is 5.97 Å². The Bertz CT molecular complexity index is 1670. The molecule has 0 aliphatic rings. The second-order valence-corrected chi connectivity index (χ2v) is 13.0. The topological polar surface area (TPSA) is 101 Å². The van der Waals surface area contributed by atoms with Gasteiger partial charge in [0.15, 0.2) is 5.16 Å². The second-order valence-electron chi connectivity index (χ2n) is 10.0. The second kappa shape index (κ2) is 13.8. The van der Waals surface area contributed by atoms with Gasteiger partial charge in [0.05, 0.1) is 11.0 Å². The van der Waals surface area contributed by atoms with Crippen molar-refractivity contribution in [1.29, 1.82) is 0 Å². The normalized spacial score (nSPS) is 12.5. The molecule has 1 heterocycles. The molecule has 1 unspecified atom stereocenters. The molecule has 4 aromatic carbocycles. The molecule has 5 aromatic rings. The van der Waals surface area contributed by atoms with Crippen LogP contribution in [0.5, 0.6) is 0 Å². The summed E-state index contributed by atoms with van der Waals surface area (Å²) in [4.78, 5) is 16.0. The third-order valence-corrected chi connectivity index (χ3v) is 10.1. The first-order chi connectivity index (χ1) is 20.4. The Hall–Kier alpha value is -3.92. The first-order valence-corrected chi connectivity index (χ1v) is 16.4. The lowest BCUT2D eigenvalue weighted by molar-refractivity contribution is -0.137. The zero-order valence-electron chi connectivity index (χ0n) is 23.0. The minimum atomic E-state index is -3.73. The number of carboxylic acid groups (broad SMARTS) is 1. The van der Waals surface area contributed by atoms with E-state index in [-0.39, 0.29) is 19.0 Å². The molecule has 0 amide bonds. The lowest BCUT2D eigenvalue weighted by Gasteiger charge is -2.25. The average Bonchev–Trinajstić information content (AvgIpc) is 3.35. The van der Waals surface area contributed by atoms with Gasteiger partial charge in [-0.3, -0.25) is 4.79 Å². The van der Waals surface area contributed by atoms with Crippen LogP contribution in [0.1, 0.15) is 40.7 Å². The van der Waals surface area contributed by atoms with E-state index in [1.807, 2.05) is 91.0 Å². The smallest absolute Gasteiger partial charge is 0.323 e. The summed E-state index contributed by atoms with van der Waals surface area (Å²) in [5.74, 6) is -0.464. The van der Waals surface area contributed by atoms with Gasteiger partial charge in [0.1, 0.15) is 11.8 Å². The van der Waals surface area contributed by atoms with Crippen LogP contribution in [-0.4, -0.2) is 41.3 Å². The number of benzene rings is 4. The number of imidazole rings is 1. The molecule has 1 atom stereocenters. The van der Waals surface area contributed by atoms with Gasteiger partial charge in [0.2, 0.25) is 10.0 Å². The van der Waals surface area contributed by atoms with E-state index in [1.165, 1.54) is 11.8 Å². The molecular weight excluding hydrogens is 567 g/mol. The van der Waals surface area contributed by atoms with Crippen molar-refractivity contribution >= 4 is 38.8 Å². The molecule has 1 aromatic heterocycles. The van der Waals surface area contributed by atoms with Crippen molar-refractivity contribution in [3.8, 4) is 0 Å². The first-order valence-electron chi connectivity index (χ1n) is 13.9. The van der Waals surface area contributed by atoms with Crippen molar-refractivity contribution < 1.29 is 18.3 Å². The van der Waals surface area contributed by atoms with Crippen LogP contribution in [0.2, 0.25) is 0 Å². The van der Waals surface area contributed by atoms with E-state index < -0.39 is 21.2 Å². The Labute approximate surface area is 250 Å². The SMILES string of the molecule is O=C(O)Cn1c(SCCCNS(=O)(=O)C(CC(c2ccccc2)c2ccccc2)c2ccccc2)nc2ccccc21. The Balaban J connectivity index is 1.30. The summed E-state index contributed by atoms with van der Waals surface area (Å²) in [6.45, 7) is 0.0807. The van der Waals surface area contributed by atoms with E-state index in [4.69, 9.17) is 0 Å². The van der Waals surface area contributed by atoms with Crippen LogP contribution in [0.4, 0.5) is 0 Å². The minimum Gasteiger partial charge on any atom is -0.480 e. The highest BCUT2D eigenvalue weighted by Crippen LogP contribution is 2.37. The third-order valence-electron chi connectivity index (χ3n) is 7.17. The molecule has 7 nitrogen and oxygen atoms in total. The zero-order chi connectivity index (χ0) is 29.4. The molecule has 0 saturated heterocycles. The van der Waals surface area contributed by atoms with Crippen LogP contribution >= 0.6 is 11.8 Å². The highest BCUT2D eigenvalue weighted by molar-refractivity contribution is 7.99. The maximum Gasteiger partial charge on any atom is 0.323 e. The zero-order valence-corrected chi connectivity index (χ0v) is 24.7. The molecule has 0 bridgehead atoms. The molecule has 0 radical (unpaired) electrons. The number of aliphatic carboxylic acids is 1. The summed E-state index contributed by atoms with van der Waals surface area (Å²) < 4.78 is 32.3. The van der Waals surface area contributed by atoms with Gasteiger partial charge in [0.25, 0.3) is 0 Å². The van der Waals surface area contributed by atoms with Gasteiger partial charge in [-0.1, -0.05) is 115 Å². The Morgan fingerprint density at radius 1 is 0.810 bits per heavy atom. The molecule has 0 aliphatic heterocycles. The molecule has 5 rings (SSSR count). The Morgan fingerprint density at radius 3 is 1.95 bits per heavy atom. The average molecular weight is 600 g/mol. The number of rotatable bonds is 14. The molecule has 0 saturated carbocycles. The Morgan fingerprint density at radius 2 is 1.36 bits per heavy atom. The van der Waals surface area contributed by atoms with Gasteiger partial charge in [-0.2, -0.15) is 0 Å². The lowest BCUT2D eigenvalue weighted by Crippen LogP contribution is -2.31. The number of carboxylic acids is 1. The van der Waals surface area contributed by atoms with Crippen LogP contribution < -0.4 is 4.72 Å². The summed E-state index contributed by atoms with van der Waals surface area (Å²) in [5.41, 5.74) is 4.39. The van der Waals surface area contributed by atoms with Crippen molar-refractivity contribution in [2.45, 2.75) is 35.7 Å². The van der Waals surface area contributed by atoms with Crippen LogP contribution in [-0.2, 0) is 21.4 Å². The van der Waals surface area contributed by atoms with Crippen molar-refractivity contribution in [2.24, 2.45) is 0 Å². The number of hydrogen-bond donors (Lipinski definition) is 2. The van der Waals surface area contributed by atoms with Crippen molar-refractivity contribution in [3.63, 3.8) is 0 Å². The van der Waals surface area contributed by atoms with Crippen LogP contribution in [0.3, 0.4) is 0 Å². The lowest BCUT2D eigenvalue weighted by atomic mass is 9.86. The van der Waals surface area contributed by atoms with E-state index in [2.05, 4.69) is 34.0 Å². The highest BCUT2D eigenvalue weighted by Gasteiger charge is 2.31. The van der Waals surface area contributed by atoms with Gasteiger partial charge in [-0.25, -0.2) is 18.1 Å². The minimum absolute atomic E-state index is 0.105. The molecule has 0 fully saturated rings. The van der Waals surface area contributed by atoms with E-state index in [9.17, 15) is 18.3 Å². The van der Waals surface area contributed by atoms with Crippen LogP contribution in [0.25, 0.3) is 11.0 Å². The molecule has 0 spiro atoms. The van der Waals surface area contributed by atoms with E-state index in [0.29, 0.717) is 23.8 Å². The maximum absolute atomic E-state index is 13.9. The number of nitrogens with one attached hydrogen (secondary N) is 1. The van der Waals surface area contributed by atoms with Crippen molar-refractivity contribution in [1.82, 2.24) is 14.3 Å². The fourth-order valence-electron chi connectivity index (χ4n) is 5.16. The predicted octanol–water partition coefficient (Wildman–Crippen LogP) is 6.49. The summed E-state index contributed by atoms with van der Waals surface area (Å²) in [6.07, 6.45) is 0.948. The molecule has 42 heavy (non-hydrogen) atoms. The van der Waals surface area contributed by atoms with Crippen molar-refractivity contribution in [2.75, 3.05) is 12.3 Å². The van der Waals surface area contributed by atoms with E-state index in [0.717, 1.165) is 27.7 Å². The fourth-order valence-corrected chi connectivity index (χ4v) is 7.71. The van der Waals surface area contributed by atoms with E-state index >= 15 is 0 Å². The summed E-state index contributed by atoms with van der Waals surface area (Å²) in [5, 5.41) is 9.24. The highest BCUT2D eigenvalue weighted by atomic mass is 32.2. The van der Waals surface area contributed by atoms with Gasteiger partial charge in [0, 0.05) is 18.2 Å². The number of thioether (sulfide) groups is 1. The van der Waals surface area contributed by atoms with E-state index in [1.54, 1.807) is 4.57 Å². The van der Waals surface area contributed by atoms with Gasteiger partial charge < -0.3 is 9.67 Å². The third kappa shape index (κ3) is 7.28. The number of hydrogen-bond acceptors (Lipinski definition) is 5. The first kappa shape index (κ1) is 29.6. The number of sulfonamides is 1. The summed E-state index contributed by atoms with van der Waals surface area (Å²) >= 11 is 1.43. The molecule has 216 valence electrons. The molecule has 2 N–H and O–H groups in total. The largest absolute Gasteiger partial charge is 0.480 e. The maximum atomic E-state index is 13.9. The molecule has 9 heteroatoms. The number of aromatic nitrogens is 2. The number of carbonyl (C=O) groups is 1.